The summed E-state index contributed by atoms with van der Waals surface area (Å²) in [7, 11) is 0. The molecule has 1 aromatic heterocycles. The van der Waals surface area contributed by atoms with Gasteiger partial charge in [0.1, 0.15) is 0 Å². The van der Waals surface area contributed by atoms with Crippen molar-refractivity contribution in [3.05, 3.63) is 20.8 Å². The zero-order chi connectivity index (χ0) is 11.5. The van der Waals surface area contributed by atoms with Crippen molar-refractivity contribution >= 4 is 28.7 Å². The Morgan fingerprint density at radius 2 is 2.25 bits per heavy atom. The lowest BCUT2D eigenvalue weighted by atomic mass is 9.94. The van der Waals surface area contributed by atoms with E-state index >= 15 is 0 Å². The molecule has 0 aromatic carbocycles. The number of ketones is 1. The molecule has 2 rings (SSSR count). The van der Waals surface area contributed by atoms with Gasteiger partial charge in [-0.15, -0.1) is 11.3 Å². The number of aryl methyl sites for hydroxylation is 1. The van der Waals surface area contributed by atoms with Crippen molar-refractivity contribution in [2.24, 2.45) is 5.92 Å². The minimum Gasteiger partial charge on any atom is -0.381 e. The fourth-order valence-electron chi connectivity index (χ4n) is 1.92. The van der Waals surface area contributed by atoms with E-state index in [1.165, 1.54) is 11.3 Å². The standard InChI is InChI=1S/C12H15ClO2S/c1-8-7-16-12(11(8)13)10(14)6-9-2-4-15-5-3-9/h7,9H,2-6H2,1H3. The van der Waals surface area contributed by atoms with Crippen LogP contribution in [0.1, 0.15) is 34.5 Å². The predicted molar refractivity (Wildman–Crippen MR) is 66.6 cm³/mol. The van der Waals surface area contributed by atoms with E-state index in [0.29, 0.717) is 17.4 Å². The first-order valence-electron chi connectivity index (χ1n) is 5.53. The second kappa shape index (κ2) is 5.30. The molecule has 1 aromatic rings. The first-order valence-corrected chi connectivity index (χ1v) is 6.78. The maximum Gasteiger partial charge on any atom is 0.174 e. The lowest BCUT2D eigenvalue weighted by Crippen LogP contribution is -2.18. The topological polar surface area (TPSA) is 26.3 Å². The Labute approximate surface area is 105 Å². The van der Waals surface area contributed by atoms with E-state index in [4.69, 9.17) is 16.3 Å². The third-order valence-electron chi connectivity index (χ3n) is 2.97. The second-order valence-electron chi connectivity index (χ2n) is 4.24. The maximum absolute atomic E-state index is 12.0. The molecule has 0 aliphatic carbocycles. The van der Waals surface area contributed by atoms with Crippen LogP contribution in [-0.4, -0.2) is 19.0 Å². The van der Waals surface area contributed by atoms with E-state index in [2.05, 4.69) is 0 Å². The molecule has 0 spiro atoms. The van der Waals surface area contributed by atoms with Gasteiger partial charge in [-0.05, 0) is 36.6 Å². The first kappa shape index (κ1) is 12.1. The first-order chi connectivity index (χ1) is 7.68. The molecule has 88 valence electrons. The van der Waals surface area contributed by atoms with Gasteiger partial charge in [0.05, 0.1) is 9.90 Å². The van der Waals surface area contributed by atoms with Crippen LogP contribution in [0.4, 0.5) is 0 Å². The monoisotopic (exact) mass is 258 g/mol. The number of rotatable bonds is 3. The van der Waals surface area contributed by atoms with E-state index in [1.54, 1.807) is 0 Å². The van der Waals surface area contributed by atoms with Crippen molar-refractivity contribution in [1.29, 1.82) is 0 Å². The normalized spacial score (nSPS) is 17.6. The summed E-state index contributed by atoms with van der Waals surface area (Å²) in [4.78, 5) is 12.8. The van der Waals surface area contributed by atoms with Gasteiger partial charge in [-0.2, -0.15) is 0 Å². The number of halogens is 1. The molecule has 16 heavy (non-hydrogen) atoms. The summed E-state index contributed by atoms with van der Waals surface area (Å²) in [5.74, 6) is 0.662. The van der Waals surface area contributed by atoms with Crippen molar-refractivity contribution in [3.63, 3.8) is 0 Å². The summed E-state index contributed by atoms with van der Waals surface area (Å²) in [6, 6.07) is 0. The largest absolute Gasteiger partial charge is 0.381 e. The van der Waals surface area contributed by atoms with E-state index in [-0.39, 0.29) is 5.78 Å². The smallest absolute Gasteiger partial charge is 0.174 e. The second-order valence-corrected chi connectivity index (χ2v) is 5.50. The minimum absolute atomic E-state index is 0.190. The molecule has 4 heteroatoms. The quantitative estimate of drug-likeness (QED) is 0.773. The fourth-order valence-corrected chi connectivity index (χ4v) is 3.17. The Balaban J connectivity index is 1.99. The van der Waals surface area contributed by atoms with Gasteiger partial charge in [-0.1, -0.05) is 11.6 Å². The van der Waals surface area contributed by atoms with E-state index < -0.39 is 0 Å². The van der Waals surface area contributed by atoms with Crippen LogP contribution in [-0.2, 0) is 4.74 Å². The van der Waals surface area contributed by atoms with Crippen molar-refractivity contribution < 1.29 is 9.53 Å². The van der Waals surface area contributed by atoms with Crippen molar-refractivity contribution in [2.45, 2.75) is 26.2 Å². The molecule has 1 saturated heterocycles. The molecule has 0 saturated carbocycles. The van der Waals surface area contributed by atoms with Gasteiger partial charge in [0, 0.05) is 19.6 Å². The lowest BCUT2D eigenvalue weighted by Gasteiger charge is -2.20. The van der Waals surface area contributed by atoms with Crippen molar-refractivity contribution in [1.82, 2.24) is 0 Å². The summed E-state index contributed by atoms with van der Waals surface area (Å²) in [5.41, 5.74) is 1.00. The van der Waals surface area contributed by atoms with Crippen molar-refractivity contribution in [2.75, 3.05) is 13.2 Å². The molecule has 0 amide bonds. The van der Waals surface area contributed by atoms with Gasteiger partial charge in [0.15, 0.2) is 5.78 Å². The third-order valence-corrected chi connectivity index (χ3v) is 4.71. The van der Waals surface area contributed by atoms with Gasteiger partial charge in [0.2, 0.25) is 0 Å². The predicted octanol–water partition coefficient (Wildman–Crippen LogP) is 3.71. The number of hydrogen-bond donors (Lipinski definition) is 0. The van der Waals surface area contributed by atoms with Crippen LogP contribution in [0.5, 0.6) is 0 Å². The number of Topliss-reactive ketones (excluding diaryl/α,β-unsaturated/α-hetero) is 1. The van der Waals surface area contributed by atoms with Crippen LogP contribution in [0, 0.1) is 12.8 Å². The van der Waals surface area contributed by atoms with E-state index in [0.717, 1.165) is 36.5 Å². The fraction of sp³-hybridized carbons (Fsp3) is 0.583. The molecule has 1 fully saturated rings. The van der Waals surface area contributed by atoms with Crippen LogP contribution < -0.4 is 0 Å². The van der Waals surface area contributed by atoms with Crippen LogP contribution in [0.15, 0.2) is 5.38 Å². The summed E-state index contributed by atoms with van der Waals surface area (Å²) < 4.78 is 5.28. The number of carbonyl (C=O) groups is 1. The average molecular weight is 259 g/mol. The highest BCUT2D eigenvalue weighted by atomic mass is 35.5. The highest BCUT2D eigenvalue weighted by Gasteiger charge is 2.21. The van der Waals surface area contributed by atoms with Crippen LogP contribution in [0.25, 0.3) is 0 Å². The van der Waals surface area contributed by atoms with Crippen LogP contribution in [0.3, 0.4) is 0 Å². The Kier molecular flexibility index (Phi) is 4.00. The Bertz CT molecular complexity index is 380. The lowest BCUT2D eigenvalue weighted by molar-refractivity contribution is 0.0602. The molecule has 1 aliphatic heterocycles. The van der Waals surface area contributed by atoms with Gasteiger partial charge in [-0.3, -0.25) is 4.79 Å². The van der Waals surface area contributed by atoms with Gasteiger partial charge in [0.25, 0.3) is 0 Å². The Morgan fingerprint density at radius 1 is 1.56 bits per heavy atom. The number of hydrogen-bond acceptors (Lipinski definition) is 3. The Hall–Kier alpha value is -0.380. The minimum atomic E-state index is 0.190. The van der Waals surface area contributed by atoms with Crippen LogP contribution in [0.2, 0.25) is 5.02 Å². The average Bonchev–Trinajstić information content (AvgIpc) is 2.61. The summed E-state index contributed by atoms with van der Waals surface area (Å²) >= 11 is 7.55. The summed E-state index contributed by atoms with van der Waals surface area (Å²) in [5, 5.41) is 2.58. The molecule has 0 radical (unpaired) electrons. The highest BCUT2D eigenvalue weighted by molar-refractivity contribution is 7.13. The zero-order valence-electron chi connectivity index (χ0n) is 9.29. The summed E-state index contributed by atoms with van der Waals surface area (Å²) in [6.45, 7) is 3.51. The Morgan fingerprint density at radius 3 is 2.81 bits per heavy atom. The molecule has 1 aliphatic rings. The van der Waals surface area contributed by atoms with E-state index in [9.17, 15) is 4.79 Å². The highest BCUT2D eigenvalue weighted by Crippen LogP contribution is 2.30. The maximum atomic E-state index is 12.0. The molecule has 2 nitrogen and oxygen atoms in total. The molecular formula is C12H15ClO2S. The molecule has 0 N–H and O–H groups in total. The molecule has 0 bridgehead atoms. The SMILES string of the molecule is Cc1csc(C(=O)CC2CCOCC2)c1Cl. The number of carbonyl (C=O) groups excluding carboxylic acids is 1. The van der Waals surface area contributed by atoms with Crippen LogP contribution >= 0.6 is 22.9 Å². The molecular weight excluding hydrogens is 244 g/mol. The van der Waals surface area contributed by atoms with E-state index in [1.807, 2.05) is 12.3 Å². The van der Waals surface area contributed by atoms with Gasteiger partial charge in [-0.25, -0.2) is 0 Å². The molecule has 2 heterocycles. The zero-order valence-corrected chi connectivity index (χ0v) is 10.9. The van der Waals surface area contributed by atoms with Gasteiger partial charge < -0.3 is 4.74 Å². The third kappa shape index (κ3) is 2.65. The van der Waals surface area contributed by atoms with Gasteiger partial charge >= 0.3 is 0 Å². The molecule has 0 atom stereocenters. The summed E-state index contributed by atoms with van der Waals surface area (Å²) in [6.07, 6.45) is 2.60. The number of thiophene rings is 1. The number of ether oxygens (including phenoxy) is 1. The molecule has 0 unspecified atom stereocenters. The van der Waals surface area contributed by atoms with Crippen molar-refractivity contribution in [3.8, 4) is 0 Å².